The van der Waals surface area contributed by atoms with Gasteiger partial charge in [0, 0.05) is 19.2 Å². The van der Waals surface area contributed by atoms with E-state index in [1.54, 1.807) is 6.07 Å². The Morgan fingerprint density at radius 3 is 2.75 bits per heavy atom. The van der Waals surface area contributed by atoms with E-state index in [4.69, 9.17) is 4.74 Å². The number of fused-ring (bicyclic) bond motifs is 1. The predicted molar refractivity (Wildman–Crippen MR) is 108 cm³/mol. The largest absolute Gasteiger partial charge is 0.492 e. The van der Waals surface area contributed by atoms with Crippen LogP contribution in [0.25, 0.3) is 0 Å². The number of nitrogens with one attached hydrogen (secondary N) is 1. The average Bonchev–Trinajstić information content (AvgIpc) is 2.75. The third-order valence-electron chi connectivity index (χ3n) is 4.75. The lowest BCUT2D eigenvalue weighted by Gasteiger charge is -2.28. The Morgan fingerprint density at radius 1 is 1.11 bits per heavy atom. The lowest BCUT2D eigenvalue weighted by Crippen LogP contribution is -2.36. The number of ether oxygens (including phenoxy) is 1. The van der Waals surface area contributed by atoms with E-state index in [1.807, 2.05) is 48.2 Å². The number of anilines is 2. The molecule has 0 atom stereocenters. The van der Waals surface area contributed by atoms with E-state index in [9.17, 15) is 4.79 Å². The van der Waals surface area contributed by atoms with E-state index >= 15 is 0 Å². The first kappa shape index (κ1) is 18.0. The topological polar surface area (TPSA) is 67.3 Å². The Balaban J connectivity index is 1.52. The summed E-state index contributed by atoms with van der Waals surface area (Å²) in [6.07, 6.45) is 2.27. The van der Waals surface area contributed by atoms with Gasteiger partial charge in [-0.1, -0.05) is 36.4 Å². The molecule has 1 aromatic heterocycles. The molecule has 4 rings (SSSR count). The van der Waals surface area contributed by atoms with Crippen molar-refractivity contribution in [2.24, 2.45) is 0 Å². The van der Waals surface area contributed by atoms with Crippen LogP contribution in [-0.2, 0) is 13.0 Å². The summed E-state index contributed by atoms with van der Waals surface area (Å²) in [6.45, 7) is 3.81. The highest BCUT2D eigenvalue weighted by Crippen LogP contribution is 2.27. The smallest absolute Gasteiger partial charge is 0.272 e. The Morgan fingerprint density at radius 2 is 1.89 bits per heavy atom. The van der Waals surface area contributed by atoms with E-state index in [-0.39, 0.29) is 5.91 Å². The standard InChI is InChI=1S/C22H22N4O2/c1-2-28-20-10-6-5-9-18(20)25-21-13-19(23-15-24-21)22(27)26-12-11-16-7-3-4-8-17(16)14-26/h3-10,13,15H,2,11-12,14H2,1H3,(H,23,24,25). The fourth-order valence-electron chi connectivity index (χ4n) is 3.36. The maximum absolute atomic E-state index is 13.0. The van der Waals surface area contributed by atoms with Gasteiger partial charge in [-0.25, -0.2) is 9.97 Å². The lowest BCUT2D eigenvalue weighted by atomic mass is 10.00. The van der Waals surface area contributed by atoms with Crippen LogP contribution < -0.4 is 10.1 Å². The summed E-state index contributed by atoms with van der Waals surface area (Å²) in [4.78, 5) is 23.3. The molecule has 1 N–H and O–H groups in total. The molecule has 0 bridgehead atoms. The van der Waals surface area contributed by atoms with Crippen LogP contribution in [0.5, 0.6) is 5.75 Å². The number of carbonyl (C=O) groups is 1. The number of nitrogens with zero attached hydrogens (tertiary/aromatic N) is 3. The van der Waals surface area contributed by atoms with Crippen LogP contribution in [0.1, 0.15) is 28.5 Å². The Bertz CT molecular complexity index is 990. The first-order valence-electron chi connectivity index (χ1n) is 9.41. The second-order valence-electron chi connectivity index (χ2n) is 6.59. The molecule has 0 spiro atoms. The number of para-hydroxylation sites is 2. The number of carbonyl (C=O) groups excluding carboxylic acids is 1. The second kappa shape index (κ2) is 8.08. The van der Waals surface area contributed by atoms with E-state index in [2.05, 4.69) is 27.4 Å². The number of hydrogen-bond donors (Lipinski definition) is 1. The molecule has 0 radical (unpaired) electrons. The van der Waals surface area contributed by atoms with Crippen LogP contribution in [-0.4, -0.2) is 33.9 Å². The van der Waals surface area contributed by atoms with Gasteiger partial charge in [0.05, 0.1) is 12.3 Å². The highest BCUT2D eigenvalue weighted by Gasteiger charge is 2.22. The van der Waals surface area contributed by atoms with Crippen molar-refractivity contribution in [3.63, 3.8) is 0 Å². The quantitative estimate of drug-likeness (QED) is 0.735. The third kappa shape index (κ3) is 3.81. The highest BCUT2D eigenvalue weighted by atomic mass is 16.5. The summed E-state index contributed by atoms with van der Waals surface area (Å²) in [5.74, 6) is 1.21. The molecule has 0 saturated carbocycles. The predicted octanol–water partition coefficient (Wildman–Crippen LogP) is 3.82. The van der Waals surface area contributed by atoms with Crippen LogP contribution in [0.2, 0.25) is 0 Å². The lowest BCUT2D eigenvalue weighted by molar-refractivity contribution is 0.0728. The zero-order chi connectivity index (χ0) is 19.3. The minimum Gasteiger partial charge on any atom is -0.492 e. The zero-order valence-corrected chi connectivity index (χ0v) is 15.8. The summed E-state index contributed by atoms with van der Waals surface area (Å²) in [7, 11) is 0. The molecule has 1 aliphatic heterocycles. The Kier molecular flexibility index (Phi) is 5.19. The average molecular weight is 374 g/mol. The molecule has 3 aromatic rings. The van der Waals surface area contributed by atoms with E-state index in [1.165, 1.54) is 17.5 Å². The number of benzene rings is 2. The molecular formula is C22H22N4O2. The maximum atomic E-state index is 13.0. The third-order valence-corrected chi connectivity index (χ3v) is 4.75. The summed E-state index contributed by atoms with van der Waals surface area (Å²) in [6, 6.07) is 17.6. The first-order chi connectivity index (χ1) is 13.7. The van der Waals surface area contributed by atoms with Gasteiger partial charge in [-0.15, -0.1) is 0 Å². The van der Waals surface area contributed by atoms with Crippen molar-refractivity contribution in [3.8, 4) is 5.75 Å². The van der Waals surface area contributed by atoms with Crippen molar-refractivity contribution in [2.75, 3.05) is 18.5 Å². The van der Waals surface area contributed by atoms with Gasteiger partial charge in [0.15, 0.2) is 0 Å². The molecule has 6 heteroatoms. The van der Waals surface area contributed by atoms with E-state index in [0.717, 1.165) is 17.9 Å². The van der Waals surface area contributed by atoms with Crippen LogP contribution >= 0.6 is 0 Å². The highest BCUT2D eigenvalue weighted by molar-refractivity contribution is 5.93. The van der Waals surface area contributed by atoms with Gasteiger partial charge in [-0.3, -0.25) is 4.79 Å². The maximum Gasteiger partial charge on any atom is 0.272 e. The molecule has 1 aliphatic rings. The number of amides is 1. The van der Waals surface area contributed by atoms with Gasteiger partial charge in [-0.05, 0) is 36.6 Å². The second-order valence-corrected chi connectivity index (χ2v) is 6.59. The minimum absolute atomic E-state index is 0.0851. The molecule has 6 nitrogen and oxygen atoms in total. The van der Waals surface area contributed by atoms with Crippen molar-refractivity contribution in [3.05, 3.63) is 77.7 Å². The van der Waals surface area contributed by atoms with Gasteiger partial charge in [0.1, 0.15) is 23.6 Å². The van der Waals surface area contributed by atoms with Crippen molar-refractivity contribution in [1.82, 2.24) is 14.9 Å². The minimum atomic E-state index is -0.0851. The van der Waals surface area contributed by atoms with Gasteiger partial charge < -0.3 is 15.0 Å². The van der Waals surface area contributed by atoms with Crippen LogP contribution in [0.3, 0.4) is 0 Å². The van der Waals surface area contributed by atoms with Crippen LogP contribution in [0.15, 0.2) is 60.9 Å². The molecule has 0 unspecified atom stereocenters. The van der Waals surface area contributed by atoms with Crippen molar-refractivity contribution < 1.29 is 9.53 Å². The molecule has 0 saturated heterocycles. The summed E-state index contributed by atoms with van der Waals surface area (Å²) in [5.41, 5.74) is 3.68. The fraction of sp³-hybridized carbons (Fsp3) is 0.227. The molecule has 0 fully saturated rings. The van der Waals surface area contributed by atoms with Crippen LogP contribution in [0, 0.1) is 0 Å². The van der Waals surface area contributed by atoms with Gasteiger partial charge in [0.25, 0.3) is 5.91 Å². The van der Waals surface area contributed by atoms with Gasteiger partial charge in [-0.2, -0.15) is 0 Å². The summed E-state index contributed by atoms with van der Waals surface area (Å²) >= 11 is 0. The van der Waals surface area contributed by atoms with E-state index < -0.39 is 0 Å². The fourth-order valence-corrected chi connectivity index (χ4v) is 3.36. The van der Waals surface area contributed by atoms with E-state index in [0.29, 0.717) is 31.2 Å². The number of hydrogen-bond acceptors (Lipinski definition) is 5. The molecule has 28 heavy (non-hydrogen) atoms. The molecule has 142 valence electrons. The Hall–Kier alpha value is -3.41. The van der Waals surface area contributed by atoms with Crippen molar-refractivity contribution in [1.29, 1.82) is 0 Å². The normalized spacial score (nSPS) is 13.0. The van der Waals surface area contributed by atoms with Gasteiger partial charge in [0.2, 0.25) is 0 Å². The molecular weight excluding hydrogens is 352 g/mol. The monoisotopic (exact) mass is 374 g/mol. The molecule has 1 amide bonds. The zero-order valence-electron chi connectivity index (χ0n) is 15.8. The number of aromatic nitrogens is 2. The van der Waals surface area contributed by atoms with Gasteiger partial charge >= 0.3 is 0 Å². The van der Waals surface area contributed by atoms with Crippen molar-refractivity contribution >= 4 is 17.4 Å². The Labute approximate surface area is 164 Å². The molecule has 0 aliphatic carbocycles. The molecule has 2 aromatic carbocycles. The van der Waals surface area contributed by atoms with Crippen LogP contribution in [0.4, 0.5) is 11.5 Å². The van der Waals surface area contributed by atoms with Crippen molar-refractivity contribution in [2.45, 2.75) is 19.9 Å². The SMILES string of the molecule is CCOc1ccccc1Nc1cc(C(=O)N2CCc3ccccc3C2)ncn1. The summed E-state index contributed by atoms with van der Waals surface area (Å²) < 4.78 is 5.63. The first-order valence-corrected chi connectivity index (χ1v) is 9.41. The summed E-state index contributed by atoms with van der Waals surface area (Å²) in [5, 5.41) is 3.22. The number of rotatable bonds is 5. The molecule has 2 heterocycles.